The van der Waals surface area contributed by atoms with Crippen LogP contribution in [0.5, 0.6) is 0 Å². The maximum atomic E-state index is 13.3. The molecule has 0 amide bonds. The van der Waals surface area contributed by atoms with E-state index in [9.17, 15) is 9.59 Å². The van der Waals surface area contributed by atoms with Gasteiger partial charge in [0, 0.05) is 5.92 Å². The average Bonchev–Trinajstić information content (AvgIpc) is 3.32. The Kier molecular flexibility index (Phi) is 5.06. The molecule has 4 fully saturated rings. The minimum atomic E-state index is -1.11. The summed E-state index contributed by atoms with van der Waals surface area (Å²) in [7, 11) is 0. The van der Waals surface area contributed by atoms with Gasteiger partial charge in [-0.2, -0.15) is 0 Å². The predicted octanol–water partition coefficient (Wildman–Crippen LogP) is 4.84. The zero-order valence-electron chi connectivity index (χ0n) is 19.2. The molecule has 4 aliphatic carbocycles. The standard InChI is InChI=1S/C25H37N3O3/c1-15-8-10-24(2)16(12-15)4-5-17-18-6-7-20(25(18,3)11-9-19(17)24)22(29)14-28-13-21(23(30)31)26-27-28/h13,15-20H,4-12,14H2,1-3H3,(H,30,31). The molecule has 8 unspecified atom stereocenters. The number of hydrogen-bond donors (Lipinski definition) is 1. The van der Waals surface area contributed by atoms with Gasteiger partial charge in [0.25, 0.3) is 0 Å². The highest BCUT2D eigenvalue weighted by Crippen LogP contribution is 2.67. The highest BCUT2D eigenvalue weighted by Gasteiger charge is 2.60. The van der Waals surface area contributed by atoms with Gasteiger partial charge in [-0.25, -0.2) is 9.48 Å². The fraction of sp³-hybridized carbons (Fsp3) is 0.840. The number of rotatable bonds is 4. The molecular weight excluding hydrogens is 390 g/mol. The van der Waals surface area contributed by atoms with E-state index in [-0.39, 0.29) is 29.4 Å². The van der Waals surface area contributed by atoms with Gasteiger partial charge in [0.15, 0.2) is 11.5 Å². The summed E-state index contributed by atoms with van der Waals surface area (Å²) < 4.78 is 1.41. The molecule has 1 heterocycles. The monoisotopic (exact) mass is 427 g/mol. The van der Waals surface area contributed by atoms with Crippen LogP contribution >= 0.6 is 0 Å². The third-order valence-electron chi connectivity index (χ3n) is 10.4. The molecule has 6 nitrogen and oxygen atoms in total. The van der Waals surface area contributed by atoms with Crippen molar-refractivity contribution in [2.45, 2.75) is 85.1 Å². The lowest BCUT2D eigenvalue weighted by atomic mass is 9.44. The van der Waals surface area contributed by atoms with E-state index in [0.717, 1.165) is 36.5 Å². The summed E-state index contributed by atoms with van der Waals surface area (Å²) in [5, 5.41) is 16.6. The van der Waals surface area contributed by atoms with E-state index in [0.29, 0.717) is 11.3 Å². The largest absolute Gasteiger partial charge is 0.476 e. The lowest BCUT2D eigenvalue weighted by Crippen LogP contribution is -2.53. The summed E-state index contributed by atoms with van der Waals surface area (Å²) in [5.41, 5.74) is 0.488. The Bertz CT molecular complexity index is 881. The van der Waals surface area contributed by atoms with Gasteiger partial charge in [-0.15, -0.1) is 5.10 Å². The first kappa shape index (κ1) is 21.1. The normalized spacial score (nSPS) is 44.2. The number of ketones is 1. The van der Waals surface area contributed by atoms with Crippen LogP contribution in [-0.2, 0) is 11.3 Å². The molecule has 0 spiro atoms. The number of hydrogen-bond acceptors (Lipinski definition) is 4. The Morgan fingerprint density at radius 1 is 1.06 bits per heavy atom. The number of aromatic carboxylic acids is 1. The van der Waals surface area contributed by atoms with Crippen LogP contribution in [0.15, 0.2) is 6.20 Å². The van der Waals surface area contributed by atoms with Crippen LogP contribution < -0.4 is 0 Å². The van der Waals surface area contributed by atoms with Crippen molar-refractivity contribution in [3.05, 3.63) is 11.9 Å². The van der Waals surface area contributed by atoms with Crippen LogP contribution in [0.25, 0.3) is 0 Å². The highest BCUT2D eigenvalue weighted by atomic mass is 16.4. The fourth-order valence-corrected chi connectivity index (χ4v) is 8.74. The molecule has 8 atom stereocenters. The van der Waals surface area contributed by atoms with Gasteiger partial charge in [0.05, 0.1) is 6.20 Å². The molecule has 31 heavy (non-hydrogen) atoms. The molecule has 1 N–H and O–H groups in total. The van der Waals surface area contributed by atoms with Gasteiger partial charge in [-0.05, 0) is 91.8 Å². The van der Waals surface area contributed by atoms with Gasteiger partial charge < -0.3 is 5.11 Å². The molecule has 5 rings (SSSR count). The predicted molar refractivity (Wildman–Crippen MR) is 116 cm³/mol. The number of fused-ring (bicyclic) bond motifs is 5. The number of aromatic nitrogens is 3. The molecule has 6 heteroatoms. The Labute approximate surface area is 185 Å². The SMILES string of the molecule is CC1CCC2(C)C(CCC3C2CCC2(C)C(C(=O)Cn4cc(C(=O)O)nn4)CCC32)C1. The molecule has 0 saturated heterocycles. The van der Waals surface area contributed by atoms with E-state index < -0.39 is 5.97 Å². The quantitative estimate of drug-likeness (QED) is 0.743. The first-order chi connectivity index (χ1) is 14.7. The minimum absolute atomic E-state index is 0.0628. The van der Waals surface area contributed by atoms with E-state index in [1.54, 1.807) is 0 Å². The average molecular weight is 428 g/mol. The summed E-state index contributed by atoms with van der Waals surface area (Å²) in [6.07, 6.45) is 12.9. The first-order valence-electron chi connectivity index (χ1n) is 12.4. The lowest BCUT2D eigenvalue weighted by Gasteiger charge is -2.61. The van der Waals surface area contributed by atoms with Crippen molar-refractivity contribution in [1.82, 2.24) is 15.0 Å². The van der Waals surface area contributed by atoms with E-state index in [1.807, 2.05) is 0 Å². The molecule has 0 aromatic carbocycles. The number of Topliss-reactive ketones (excluding diaryl/α,β-unsaturated/α-hetero) is 1. The summed E-state index contributed by atoms with van der Waals surface area (Å²) in [4.78, 5) is 24.4. The Hall–Kier alpha value is -1.72. The second-order valence-electron chi connectivity index (χ2n) is 11.8. The van der Waals surface area contributed by atoms with Crippen molar-refractivity contribution >= 4 is 11.8 Å². The van der Waals surface area contributed by atoms with Crippen LogP contribution in [0, 0.1) is 46.3 Å². The van der Waals surface area contributed by atoms with E-state index in [2.05, 4.69) is 31.1 Å². The molecular formula is C25H37N3O3. The number of nitrogens with zero attached hydrogens (tertiary/aromatic N) is 3. The number of carbonyl (C=O) groups is 2. The highest BCUT2D eigenvalue weighted by molar-refractivity contribution is 5.85. The fourth-order valence-electron chi connectivity index (χ4n) is 8.74. The molecule has 4 saturated carbocycles. The smallest absolute Gasteiger partial charge is 0.358 e. The van der Waals surface area contributed by atoms with Crippen LogP contribution in [0.4, 0.5) is 0 Å². The maximum absolute atomic E-state index is 13.3. The number of carboxylic acids is 1. The first-order valence-corrected chi connectivity index (χ1v) is 12.4. The van der Waals surface area contributed by atoms with Crippen LogP contribution in [0.3, 0.4) is 0 Å². The molecule has 0 aliphatic heterocycles. The molecule has 1 aromatic rings. The number of carboxylic acid groups (broad SMARTS) is 1. The number of carbonyl (C=O) groups excluding carboxylic acids is 1. The molecule has 0 bridgehead atoms. The summed E-state index contributed by atoms with van der Waals surface area (Å²) in [6, 6.07) is 0. The Morgan fingerprint density at radius 2 is 1.81 bits per heavy atom. The van der Waals surface area contributed by atoms with Crippen molar-refractivity contribution in [1.29, 1.82) is 0 Å². The molecule has 170 valence electrons. The summed E-state index contributed by atoms with van der Waals surface area (Å²) in [5.74, 6) is 3.21. The summed E-state index contributed by atoms with van der Waals surface area (Å²) >= 11 is 0. The van der Waals surface area contributed by atoms with Crippen molar-refractivity contribution in [3.63, 3.8) is 0 Å². The summed E-state index contributed by atoms with van der Waals surface area (Å²) in [6.45, 7) is 7.56. The third kappa shape index (κ3) is 3.27. The van der Waals surface area contributed by atoms with Gasteiger partial charge in [-0.3, -0.25) is 4.79 Å². The van der Waals surface area contributed by atoms with Crippen molar-refractivity contribution in [2.75, 3.05) is 0 Å². The van der Waals surface area contributed by atoms with Crippen LogP contribution in [0.2, 0.25) is 0 Å². The van der Waals surface area contributed by atoms with Crippen molar-refractivity contribution < 1.29 is 14.7 Å². The van der Waals surface area contributed by atoms with E-state index in [4.69, 9.17) is 5.11 Å². The van der Waals surface area contributed by atoms with Crippen molar-refractivity contribution in [2.24, 2.45) is 46.3 Å². The van der Waals surface area contributed by atoms with E-state index >= 15 is 0 Å². The third-order valence-corrected chi connectivity index (χ3v) is 10.4. The zero-order valence-corrected chi connectivity index (χ0v) is 19.2. The van der Waals surface area contributed by atoms with Gasteiger partial charge >= 0.3 is 5.97 Å². The second kappa shape index (κ2) is 7.41. The second-order valence-corrected chi connectivity index (χ2v) is 11.8. The van der Waals surface area contributed by atoms with Gasteiger partial charge in [0.1, 0.15) is 6.54 Å². The van der Waals surface area contributed by atoms with Crippen LogP contribution in [0.1, 0.15) is 89.0 Å². The minimum Gasteiger partial charge on any atom is -0.476 e. The Morgan fingerprint density at radius 3 is 2.55 bits per heavy atom. The lowest BCUT2D eigenvalue weighted by molar-refractivity contribution is -0.137. The zero-order chi connectivity index (χ0) is 22.0. The van der Waals surface area contributed by atoms with Crippen molar-refractivity contribution in [3.8, 4) is 0 Å². The van der Waals surface area contributed by atoms with Gasteiger partial charge in [-0.1, -0.05) is 32.4 Å². The van der Waals surface area contributed by atoms with E-state index in [1.165, 1.54) is 55.8 Å². The molecule has 0 radical (unpaired) electrons. The van der Waals surface area contributed by atoms with Crippen LogP contribution in [-0.4, -0.2) is 31.9 Å². The Balaban J connectivity index is 1.32. The van der Waals surface area contributed by atoms with Gasteiger partial charge in [0.2, 0.25) is 0 Å². The maximum Gasteiger partial charge on any atom is 0.358 e. The molecule has 4 aliphatic rings. The molecule has 1 aromatic heterocycles. The topological polar surface area (TPSA) is 85.1 Å².